The van der Waals surface area contributed by atoms with Crippen molar-refractivity contribution in [3.8, 4) is 22.3 Å². The Balaban J connectivity index is 1.63. The lowest BCUT2D eigenvalue weighted by Gasteiger charge is -2.23. The van der Waals surface area contributed by atoms with Crippen LogP contribution in [-0.4, -0.2) is 22.6 Å². The third-order valence-electron chi connectivity index (χ3n) is 6.17. The minimum atomic E-state index is -1.15. The molecule has 0 heterocycles. The van der Waals surface area contributed by atoms with E-state index in [1.807, 2.05) is 109 Å². The van der Waals surface area contributed by atoms with Gasteiger partial charge in [0.1, 0.15) is 11.1 Å². The summed E-state index contributed by atoms with van der Waals surface area (Å²) in [5, 5.41) is 8.88. The standard InChI is InChI=1S/C32H30N2O2/c1-31(2,29(35)27-21-13-11-19-25(27)23-15-7-5-8-16-23)33-34-32(3,4)30(36)28-22-14-12-20-26(28)24-17-9-6-10-18-24/h5-22H,1-4H3. The van der Waals surface area contributed by atoms with Crippen molar-refractivity contribution < 1.29 is 9.59 Å². The van der Waals surface area contributed by atoms with Crippen LogP contribution in [0.1, 0.15) is 48.4 Å². The van der Waals surface area contributed by atoms with Crippen LogP contribution in [0.5, 0.6) is 0 Å². The highest BCUT2D eigenvalue weighted by atomic mass is 16.1. The molecule has 4 heteroatoms. The molecule has 0 bridgehead atoms. The van der Waals surface area contributed by atoms with E-state index in [1.54, 1.807) is 27.7 Å². The van der Waals surface area contributed by atoms with E-state index in [-0.39, 0.29) is 11.6 Å². The predicted molar refractivity (Wildman–Crippen MR) is 145 cm³/mol. The molecule has 0 unspecified atom stereocenters. The van der Waals surface area contributed by atoms with Crippen molar-refractivity contribution in [2.45, 2.75) is 38.8 Å². The molecule has 0 aromatic heterocycles. The van der Waals surface area contributed by atoms with Gasteiger partial charge in [-0.15, -0.1) is 0 Å². The van der Waals surface area contributed by atoms with Crippen molar-refractivity contribution in [2.75, 3.05) is 0 Å². The molecule has 0 saturated heterocycles. The summed E-state index contributed by atoms with van der Waals surface area (Å²) in [7, 11) is 0. The zero-order valence-corrected chi connectivity index (χ0v) is 21.1. The Labute approximate surface area is 212 Å². The first kappa shape index (κ1) is 24.9. The molecule has 0 saturated carbocycles. The van der Waals surface area contributed by atoms with Crippen molar-refractivity contribution >= 4 is 11.6 Å². The summed E-state index contributed by atoms with van der Waals surface area (Å²) >= 11 is 0. The first-order chi connectivity index (χ1) is 17.2. The third-order valence-corrected chi connectivity index (χ3v) is 6.17. The van der Waals surface area contributed by atoms with Gasteiger partial charge in [0, 0.05) is 11.1 Å². The van der Waals surface area contributed by atoms with Gasteiger partial charge >= 0.3 is 0 Å². The van der Waals surface area contributed by atoms with Gasteiger partial charge in [-0.2, -0.15) is 10.2 Å². The molecule has 0 N–H and O–H groups in total. The number of nitrogens with zero attached hydrogens (tertiary/aromatic N) is 2. The zero-order chi connectivity index (χ0) is 25.8. The van der Waals surface area contributed by atoms with Gasteiger partial charge in [0.15, 0.2) is 11.6 Å². The topological polar surface area (TPSA) is 58.9 Å². The van der Waals surface area contributed by atoms with Crippen LogP contribution in [0.25, 0.3) is 22.3 Å². The van der Waals surface area contributed by atoms with Crippen molar-refractivity contribution in [3.05, 3.63) is 120 Å². The van der Waals surface area contributed by atoms with Crippen molar-refractivity contribution in [3.63, 3.8) is 0 Å². The number of hydrogen-bond acceptors (Lipinski definition) is 4. The Bertz CT molecular complexity index is 1300. The molecule has 0 atom stereocenters. The fourth-order valence-electron chi connectivity index (χ4n) is 4.10. The first-order valence-electron chi connectivity index (χ1n) is 12.0. The van der Waals surface area contributed by atoms with E-state index in [9.17, 15) is 9.59 Å². The maximum absolute atomic E-state index is 13.6. The first-order valence-corrected chi connectivity index (χ1v) is 12.0. The maximum atomic E-state index is 13.6. The Kier molecular flexibility index (Phi) is 7.07. The van der Waals surface area contributed by atoms with Crippen molar-refractivity contribution in [2.24, 2.45) is 10.2 Å². The third kappa shape index (κ3) is 5.23. The van der Waals surface area contributed by atoms with E-state index < -0.39 is 11.1 Å². The average Bonchev–Trinajstić information content (AvgIpc) is 2.92. The lowest BCUT2D eigenvalue weighted by Crippen LogP contribution is -2.33. The van der Waals surface area contributed by atoms with Gasteiger partial charge in [-0.25, -0.2) is 0 Å². The number of carbonyl (C=O) groups is 2. The highest BCUT2D eigenvalue weighted by Gasteiger charge is 2.34. The van der Waals surface area contributed by atoms with E-state index in [0.717, 1.165) is 22.3 Å². The van der Waals surface area contributed by atoms with Crippen LogP contribution in [0.4, 0.5) is 0 Å². The highest BCUT2D eigenvalue weighted by Crippen LogP contribution is 2.31. The summed E-state index contributed by atoms with van der Waals surface area (Å²) in [6, 6.07) is 34.6. The predicted octanol–water partition coefficient (Wildman–Crippen LogP) is 8.10. The summed E-state index contributed by atoms with van der Waals surface area (Å²) < 4.78 is 0. The second-order valence-corrected chi connectivity index (χ2v) is 9.80. The summed E-state index contributed by atoms with van der Waals surface area (Å²) in [6.45, 7) is 6.94. The van der Waals surface area contributed by atoms with Crippen LogP contribution in [0, 0.1) is 0 Å². The quantitative estimate of drug-likeness (QED) is 0.191. The smallest absolute Gasteiger partial charge is 0.192 e. The largest absolute Gasteiger partial charge is 0.291 e. The van der Waals surface area contributed by atoms with Gasteiger partial charge in [-0.3, -0.25) is 9.59 Å². The normalized spacial score (nSPS) is 12.0. The number of azo groups is 1. The van der Waals surface area contributed by atoms with Gasteiger partial charge in [0.05, 0.1) is 0 Å². The highest BCUT2D eigenvalue weighted by molar-refractivity contribution is 6.08. The number of ketones is 2. The van der Waals surface area contributed by atoms with Gasteiger partial charge in [0.25, 0.3) is 0 Å². The van der Waals surface area contributed by atoms with Crippen LogP contribution in [0.15, 0.2) is 119 Å². The number of rotatable bonds is 8. The van der Waals surface area contributed by atoms with Crippen molar-refractivity contribution in [1.29, 1.82) is 0 Å². The summed E-state index contributed by atoms with van der Waals surface area (Å²) in [5.74, 6) is -0.308. The van der Waals surface area contributed by atoms with E-state index >= 15 is 0 Å². The molecule has 4 rings (SSSR count). The number of hydrogen-bond donors (Lipinski definition) is 0. The minimum absolute atomic E-state index is 0.154. The fourth-order valence-corrected chi connectivity index (χ4v) is 4.10. The minimum Gasteiger partial charge on any atom is -0.291 e. The van der Waals surface area contributed by atoms with Crippen LogP contribution in [0.2, 0.25) is 0 Å². The van der Waals surface area contributed by atoms with Gasteiger partial charge in [-0.05, 0) is 49.9 Å². The number of Topliss-reactive ketones (excluding diaryl/α,β-unsaturated/α-hetero) is 2. The molecule has 0 aliphatic heterocycles. The summed E-state index contributed by atoms with van der Waals surface area (Å²) in [5.41, 5.74) is 2.46. The van der Waals surface area contributed by atoms with Crippen LogP contribution >= 0.6 is 0 Å². The zero-order valence-electron chi connectivity index (χ0n) is 21.1. The molecule has 36 heavy (non-hydrogen) atoms. The molecule has 180 valence electrons. The van der Waals surface area contributed by atoms with Crippen LogP contribution in [-0.2, 0) is 0 Å². The molecule has 0 amide bonds. The molecular weight excluding hydrogens is 444 g/mol. The SMILES string of the molecule is CC(C)(N=NC(C)(C)C(=O)c1ccccc1-c1ccccc1)C(=O)c1ccccc1-c1ccccc1. The molecular formula is C32H30N2O2. The molecule has 0 fully saturated rings. The monoisotopic (exact) mass is 474 g/mol. The van der Waals surface area contributed by atoms with Gasteiger partial charge < -0.3 is 0 Å². The van der Waals surface area contributed by atoms with E-state index in [2.05, 4.69) is 10.2 Å². The Morgan fingerprint density at radius 3 is 1.14 bits per heavy atom. The summed E-state index contributed by atoms with van der Waals surface area (Å²) in [6.07, 6.45) is 0. The van der Waals surface area contributed by atoms with Crippen molar-refractivity contribution in [1.82, 2.24) is 0 Å². The molecule has 4 aromatic rings. The average molecular weight is 475 g/mol. The van der Waals surface area contributed by atoms with Crippen LogP contribution < -0.4 is 0 Å². The van der Waals surface area contributed by atoms with E-state index in [0.29, 0.717) is 11.1 Å². The fraction of sp³-hybridized carbons (Fsp3) is 0.188. The molecule has 4 nitrogen and oxygen atoms in total. The number of carbonyl (C=O) groups excluding carboxylic acids is 2. The second kappa shape index (κ2) is 10.2. The molecule has 0 aliphatic rings. The lowest BCUT2D eigenvalue weighted by atomic mass is 9.88. The van der Waals surface area contributed by atoms with Gasteiger partial charge in [-0.1, -0.05) is 109 Å². The molecule has 0 spiro atoms. The Hall–Kier alpha value is -4.18. The van der Waals surface area contributed by atoms with E-state index in [4.69, 9.17) is 0 Å². The Morgan fingerprint density at radius 1 is 0.472 bits per heavy atom. The maximum Gasteiger partial charge on any atom is 0.192 e. The van der Waals surface area contributed by atoms with Gasteiger partial charge in [0.2, 0.25) is 0 Å². The second-order valence-electron chi connectivity index (χ2n) is 9.80. The number of benzene rings is 4. The Morgan fingerprint density at radius 2 is 0.778 bits per heavy atom. The van der Waals surface area contributed by atoms with Crippen LogP contribution in [0.3, 0.4) is 0 Å². The summed E-state index contributed by atoms with van der Waals surface area (Å²) in [4.78, 5) is 27.2. The molecule has 0 radical (unpaired) electrons. The molecule has 0 aliphatic carbocycles. The molecule has 4 aromatic carbocycles. The van der Waals surface area contributed by atoms with E-state index in [1.165, 1.54) is 0 Å². The lowest BCUT2D eigenvalue weighted by molar-refractivity contribution is 0.0878.